The zero-order valence-corrected chi connectivity index (χ0v) is 41.5. The minimum atomic E-state index is -2.15. The van der Waals surface area contributed by atoms with E-state index in [1.54, 1.807) is 32.9 Å². The molecule has 0 spiro atoms. The van der Waals surface area contributed by atoms with E-state index in [4.69, 9.17) is 18.9 Å². The van der Waals surface area contributed by atoms with Gasteiger partial charge in [-0.1, -0.05) is 65.7 Å². The van der Waals surface area contributed by atoms with Gasteiger partial charge in [-0.15, -0.1) is 0 Å². The van der Waals surface area contributed by atoms with Gasteiger partial charge in [0.15, 0.2) is 35.2 Å². The van der Waals surface area contributed by atoms with Gasteiger partial charge in [0.25, 0.3) is 0 Å². The average Bonchev–Trinajstić information content (AvgIpc) is 3.73. The molecule has 0 amide bonds. The van der Waals surface area contributed by atoms with Gasteiger partial charge >= 0.3 is 18.1 Å². The van der Waals surface area contributed by atoms with Crippen molar-refractivity contribution in [3.63, 3.8) is 0 Å². The van der Waals surface area contributed by atoms with Crippen molar-refractivity contribution in [2.24, 2.45) is 63.1 Å². The predicted molar refractivity (Wildman–Crippen MR) is 247 cm³/mol. The summed E-state index contributed by atoms with van der Waals surface area (Å²) >= 11 is 0. The number of halogens is 2. The average molecular weight is 967 g/mol. The maximum atomic E-state index is 17.1. The van der Waals surface area contributed by atoms with Crippen LogP contribution >= 0.6 is 0 Å². The molecule has 6 fully saturated rings. The molecule has 15 heteroatoms. The molecule has 69 heavy (non-hydrogen) atoms. The van der Waals surface area contributed by atoms with Gasteiger partial charge in [-0.3, -0.25) is 28.8 Å². The first-order valence-electron chi connectivity index (χ1n) is 25.2. The molecule has 13 nitrogen and oxygen atoms in total. The molecule has 0 radical (unpaired) electrons. The number of alkyl halides is 2. The first-order valence-corrected chi connectivity index (χ1v) is 25.2. The summed E-state index contributed by atoms with van der Waals surface area (Å²) in [4.78, 5) is 87.1. The summed E-state index contributed by atoms with van der Waals surface area (Å²) < 4.78 is 53.8. The van der Waals surface area contributed by atoms with Gasteiger partial charge in [0.2, 0.25) is 5.78 Å². The van der Waals surface area contributed by atoms with Crippen molar-refractivity contribution < 1.29 is 71.5 Å². The number of ketones is 4. The maximum Gasteiger partial charge on any atom is 0.509 e. The number of hydrogen-bond donors (Lipinski definition) is 2. The van der Waals surface area contributed by atoms with Gasteiger partial charge in [0, 0.05) is 46.8 Å². The smallest absolute Gasteiger partial charge is 0.458 e. The van der Waals surface area contributed by atoms with E-state index in [0.717, 1.165) is 24.8 Å². The number of hydrogen-bond acceptors (Lipinski definition) is 13. The van der Waals surface area contributed by atoms with Gasteiger partial charge in [-0.25, -0.2) is 13.6 Å². The number of carbonyl (C=O) groups is 7. The lowest BCUT2D eigenvalue weighted by molar-refractivity contribution is -0.202. The Labute approximate surface area is 404 Å². The van der Waals surface area contributed by atoms with Crippen LogP contribution in [0.3, 0.4) is 0 Å². The van der Waals surface area contributed by atoms with Crippen LogP contribution in [0, 0.1) is 63.1 Å². The van der Waals surface area contributed by atoms with Crippen molar-refractivity contribution >= 4 is 41.2 Å². The maximum absolute atomic E-state index is 17.1. The summed E-state index contributed by atoms with van der Waals surface area (Å²) in [6.07, 6.45) is 9.51. The highest BCUT2D eigenvalue weighted by Gasteiger charge is 2.74. The van der Waals surface area contributed by atoms with E-state index in [2.05, 4.69) is 6.92 Å². The van der Waals surface area contributed by atoms with Crippen molar-refractivity contribution in [2.75, 3.05) is 19.8 Å². The molecule has 6 saturated carbocycles. The van der Waals surface area contributed by atoms with Crippen molar-refractivity contribution in [2.45, 2.75) is 162 Å². The summed E-state index contributed by atoms with van der Waals surface area (Å²) in [5.74, 6) is -3.80. The Kier molecular flexibility index (Phi) is 14.7. The molecule has 0 aromatic heterocycles. The number of esters is 2. The van der Waals surface area contributed by atoms with Crippen LogP contribution in [0.1, 0.15) is 132 Å². The first-order chi connectivity index (χ1) is 32.4. The first kappa shape index (κ1) is 52.5. The van der Waals surface area contributed by atoms with Gasteiger partial charge < -0.3 is 29.2 Å². The molecule has 0 saturated heterocycles. The molecule has 8 aliphatic rings. The fourth-order valence-corrected chi connectivity index (χ4v) is 15.5. The number of unbranched alkanes of at least 4 members (excludes halogenated alkanes) is 1. The number of aliphatic hydroxyl groups excluding tert-OH is 2. The largest absolute Gasteiger partial charge is 0.509 e. The second-order valence-corrected chi connectivity index (χ2v) is 22.2. The minimum absolute atomic E-state index is 0.000515. The highest BCUT2D eigenvalue weighted by molar-refractivity contribution is 6.02. The third-order valence-corrected chi connectivity index (χ3v) is 18.7. The van der Waals surface area contributed by atoms with Crippen LogP contribution in [0.4, 0.5) is 13.6 Å². The van der Waals surface area contributed by atoms with E-state index in [0.29, 0.717) is 19.3 Å². The van der Waals surface area contributed by atoms with Crippen molar-refractivity contribution in [1.29, 1.82) is 0 Å². The van der Waals surface area contributed by atoms with Gasteiger partial charge in [0.1, 0.15) is 12.8 Å². The highest BCUT2D eigenvalue weighted by atomic mass is 19.1. The summed E-state index contributed by atoms with van der Waals surface area (Å²) in [6.45, 7) is 13.9. The lowest BCUT2D eigenvalue weighted by Crippen LogP contribution is -2.68. The lowest BCUT2D eigenvalue weighted by atomic mass is 9.45. The summed E-state index contributed by atoms with van der Waals surface area (Å²) in [5.41, 5.74) is -6.02. The van der Waals surface area contributed by atoms with Crippen molar-refractivity contribution in [1.82, 2.24) is 0 Å². The zero-order chi connectivity index (χ0) is 50.6. The lowest BCUT2D eigenvalue weighted by Gasteiger charge is -2.62. The van der Waals surface area contributed by atoms with Crippen LogP contribution in [-0.4, -0.2) is 101 Å². The number of aliphatic hydroxyl groups is 2. The fraction of sp³-hybridized carbons (Fsp3) is 0.722. The molecule has 0 unspecified atom stereocenters. The van der Waals surface area contributed by atoms with Gasteiger partial charge in [-0.2, -0.15) is 0 Å². The molecule has 16 atom stereocenters. The van der Waals surface area contributed by atoms with Gasteiger partial charge in [0.05, 0.1) is 18.8 Å². The second-order valence-electron chi connectivity index (χ2n) is 22.2. The van der Waals surface area contributed by atoms with Crippen LogP contribution in [0.5, 0.6) is 0 Å². The number of carbonyl (C=O) groups excluding carboxylic acids is 7. The molecular formula is C54H72F2O13. The third-order valence-electron chi connectivity index (χ3n) is 18.7. The molecule has 2 N–H and O–H groups in total. The monoisotopic (exact) mass is 966 g/mol. The molecule has 0 heterocycles. The van der Waals surface area contributed by atoms with E-state index in [1.807, 2.05) is 33.8 Å². The zero-order valence-electron chi connectivity index (χ0n) is 41.5. The second kappa shape index (κ2) is 19.3. The van der Waals surface area contributed by atoms with Crippen LogP contribution in [0.25, 0.3) is 0 Å². The predicted octanol–water partition coefficient (Wildman–Crippen LogP) is 8.17. The number of rotatable bonds is 12. The quantitative estimate of drug-likeness (QED) is 0.141. The summed E-state index contributed by atoms with van der Waals surface area (Å²) in [7, 11) is 0. The Morgan fingerprint density at radius 2 is 1.51 bits per heavy atom. The number of Topliss-reactive ketones (excluding diaryl/α,β-unsaturated/α-hetero) is 2. The van der Waals surface area contributed by atoms with E-state index in [1.165, 1.54) is 18.2 Å². The van der Waals surface area contributed by atoms with Crippen LogP contribution < -0.4 is 0 Å². The molecule has 0 aliphatic heterocycles. The minimum Gasteiger partial charge on any atom is -0.458 e. The Balaban J connectivity index is 0.000000204. The van der Waals surface area contributed by atoms with Crippen molar-refractivity contribution in [3.8, 4) is 0 Å². The molecule has 0 bridgehead atoms. The normalized spacial score (nSPS) is 42.3. The molecule has 0 aromatic rings. The Hall–Kier alpha value is -4.37. The molecular weight excluding hydrogens is 895 g/mol. The number of ether oxygens (including phenoxy) is 4. The Morgan fingerprint density at radius 1 is 0.826 bits per heavy atom. The van der Waals surface area contributed by atoms with Crippen LogP contribution in [0.2, 0.25) is 0 Å². The van der Waals surface area contributed by atoms with Gasteiger partial charge in [-0.05, 0) is 131 Å². The molecule has 0 aromatic carbocycles. The summed E-state index contributed by atoms with van der Waals surface area (Å²) in [6, 6.07) is 0. The van der Waals surface area contributed by atoms with E-state index >= 15 is 8.78 Å². The molecule has 380 valence electrons. The van der Waals surface area contributed by atoms with E-state index in [9.17, 15) is 43.8 Å². The molecule has 8 rings (SSSR count). The summed E-state index contributed by atoms with van der Waals surface area (Å²) in [5, 5.41) is 22.9. The molecule has 8 aliphatic carbocycles. The Morgan fingerprint density at radius 3 is 2.19 bits per heavy atom. The standard InChI is InChI=1S/C27H36F2O5.C27H36O8/c1-5-6-7-23(33)34-14-21(31)24-15(2)10-17-18-12-20(28)19-11-16(30)8-9-26(19,4)27(18,29)22(32)13-25(17,24)3;1-5-22(31)34-15-21(30)27(35-24(32)33-6-2)12-10-19-18-8-7-16-13-17(28)9-11-25(16,3)23(18)20(29)14-26(19,27)4/h8-9,11,15,17-18,20,22,24,32H,5-7,10,12-14H2,1-4H3;9,11,13,18-20,23,29H,5-8,10,12,14-15H2,1-4H3/t15-,17+,18+,20+,22+,24-,25+,26+,27+;18-,19-,20-,23+,25-,26-,27-/m10/s1. The third kappa shape index (κ3) is 8.50. The Bertz CT molecular complexity index is 2230. The topological polar surface area (TPSA) is 197 Å². The van der Waals surface area contributed by atoms with E-state index in [-0.39, 0.29) is 104 Å². The van der Waals surface area contributed by atoms with Crippen LogP contribution in [-0.2, 0) is 47.7 Å². The number of fused-ring (bicyclic) bond motifs is 10. The number of allylic oxidation sites excluding steroid dienone is 8. The van der Waals surface area contributed by atoms with E-state index < -0.39 is 93.6 Å². The highest BCUT2D eigenvalue weighted by Crippen LogP contribution is 2.71. The fourth-order valence-electron chi connectivity index (χ4n) is 15.5. The SMILES string of the molecule is CCCCC(=O)OCC(=O)[C@H]1[C@H](C)C[C@H]2[C@@H]3C[C@H](F)C4=CC(=O)C=C[C@]4(C)[C@@]3(F)[C@@H](O)C[C@@]21C.CCOC(=O)O[C@]1(C(=O)COC(=O)CC)CC[C@H]2[C@@H]3CCC4=CC(=O)C=C[C@]4(C)[C@H]3[C@@H](O)C[C@@]21C. The van der Waals surface area contributed by atoms with Crippen LogP contribution in [0.15, 0.2) is 47.6 Å². The van der Waals surface area contributed by atoms with Crippen molar-refractivity contribution in [3.05, 3.63) is 47.6 Å².